The van der Waals surface area contributed by atoms with Crippen LogP contribution in [0.2, 0.25) is 0 Å². The van der Waals surface area contributed by atoms with Crippen molar-refractivity contribution in [2.75, 3.05) is 12.4 Å². The molecule has 0 unspecified atom stereocenters. The number of urea groups is 1. The molecule has 1 aromatic rings. The van der Waals surface area contributed by atoms with Crippen LogP contribution in [0, 0.1) is 0 Å². The molecule has 1 aliphatic rings. The zero-order valence-corrected chi connectivity index (χ0v) is 13.4. The van der Waals surface area contributed by atoms with Crippen molar-refractivity contribution in [3.05, 3.63) is 35.4 Å². The number of aliphatic hydroxyl groups is 1. The molecular weight excluding hydrogens is 304 g/mol. The summed E-state index contributed by atoms with van der Waals surface area (Å²) < 4.78 is 23.3. The van der Waals surface area contributed by atoms with Gasteiger partial charge in [-0.25, -0.2) is 13.2 Å². The number of aliphatic hydroxyl groups excluding tert-OH is 1. The molecule has 7 heteroatoms. The standard InChI is InChI=1S/C15H22N2O4S/c1-11-14(7-9-22(11,20)21)17-15(19)16-10-13-4-2-12(3-5-13)6-8-18/h2-5,11,14,18H,6-10H2,1H3,(H2,16,17,19)/t11-,14-/m1/s1. The summed E-state index contributed by atoms with van der Waals surface area (Å²) in [5.41, 5.74) is 1.99. The van der Waals surface area contributed by atoms with Crippen LogP contribution in [0.15, 0.2) is 24.3 Å². The molecule has 0 radical (unpaired) electrons. The van der Waals surface area contributed by atoms with Gasteiger partial charge in [0.1, 0.15) is 0 Å². The minimum absolute atomic E-state index is 0.114. The number of sulfone groups is 1. The first-order valence-electron chi connectivity index (χ1n) is 7.37. The second kappa shape index (κ2) is 7.11. The normalized spacial score (nSPS) is 23.2. The monoisotopic (exact) mass is 326 g/mol. The van der Waals surface area contributed by atoms with Gasteiger partial charge in [-0.1, -0.05) is 24.3 Å². The fourth-order valence-electron chi connectivity index (χ4n) is 2.51. The van der Waals surface area contributed by atoms with Crippen molar-refractivity contribution in [1.82, 2.24) is 10.6 Å². The Morgan fingerprint density at radius 1 is 1.27 bits per heavy atom. The minimum Gasteiger partial charge on any atom is -0.396 e. The SMILES string of the molecule is C[C@@H]1[C@H](NC(=O)NCc2ccc(CCO)cc2)CCS1(=O)=O. The summed E-state index contributed by atoms with van der Waals surface area (Å²) in [4.78, 5) is 11.8. The highest BCUT2D eigenvalue weighted by atomic mass is 32.2. The van der Waals surface area contributed by atoms with Gasteiger partial charge in [-0.15, -0.1) is 0 Å². The third-order valence-corrected chi connectivity index (χ3v) is 6.31. The molecular formula is C15H22N2O4S. The van der Waals surface area contributed by atoms with Crippen molar-refractivity contribution in [3.63, 3.8) is 0 Å². The van der Waals surface area contributed by atoms with Crippen molar-refractivity contribution in [3.8, 4) is 0 Å². The molecule has 1 aromatic carbocycles. The highest BCUT2D eigenvalue weighted by Crippen LogP contribution is 2.20. The summed E-state index contributed by atoms with van der Waals surface area (Å²) in [6.45, 7) is 2.12. The Kier molecular flexibility index (Phi) is 5.42. The number of nitrogens with one attached hydrogen (secondary N) is 2. The molecule has 2 atom stereocenters. The molecule has 122 valence electrons. The van der Waals surface area contributed by atoms with Crippen molar-refractivity contribution in [1.29, 1.82) is 0 Å². The summed E-state index contributed by atoms with van der Waals surface area (Å²) in [5.74, 6) is 0.130. The van der Waals surface area contributed by atoms with Crippen molar-refractivity contribution in [2.45, 2.75) is 37.6 Å². The van der Waals surface area contributed by atoms with E-state index in [1.54, 1.807) is 6.92 Å². The van der Waals surface area contributed by atoms with Crippen LogP contribution in [-0.2, 0) is 22.8 Å². The van der Waals surface area contributed by atoms with Crippen LogP contribution in [0.5, 0.6) is 0 Å². The van der Waals surface area contributed by atoms with E-state index in [2.05, 4.69) is 10.6 Å². The number of hydrogen-bond donors (Lipinski definition) is 3. The highest BCUT2D eigenvalue weighted by molar-refractivity contribution is 7.92. The predicted molar refractivity (Wildman–Crippen MR) is 84.3 cm³/mol. The van der Waals surface area contributed by atoms with E-state index >= 15 is 0 Å². The fraction of sp³-hybridized carbons (Fsp3) is 0.533. The Balaban J connectivity index is 1.80. The van der Waals surface area contributed by atoms with E-state index in [9.17, 15) is 13.2 Å². The Bertz CT molecular complexity index is 613. The van der Waals surface area contributed by atoms with Crippen LogP contribution in [0.3, 0.4) is 0 Å². The van der Waals surface area contributed by atoms with Gasteiger partial charge in [0.05, 0.1) is 11.0 Å². The van der Waals surface area contributed by atoms with Crippen molar-refractivity contribution < 1.29 is 18.3 Å². The predicted octanol–water partition coefficient (Wildman–Crippen LogP) is 0.596. The zero-order valence-electron chi connectivity index (χ0n) is 12.6. The summed E-state index contributed by atoms with van der Waals surface area (Å²) in [5, 5.41) is 13.8. The van der Waals surface area contributed by atoms with E-state index in [1.165, 1.54) is 0 Å². The Morgan fingerprint density at radius 3 is 2.45 bits per heavy atom. The minimum atomic E-state index is -3.06. The average Bonchev–Trinajstić information content (AvgIpc) is 2.74. The second-order valence-electron chi connectivity index (χ2n) is 5.58. The molecule has 3 N–H and O–H groups in total. The van der Waals surface area contributed by atoms with Crippen LogP contribution in [0.4, 0.5) is 4.79 Å². The van der Waals surface area contributed by atoms with E-state index < -0.39 is 15.1 Å². The van der Waals surface area contributed by atoms with Crippen LogP contribution in [0.1, 0.15) is 24.5 Å². The van der Waals surface area contributed by atoms with Crippen molar-refractivity contribution in [2.24, 2.45) is 0 Å². The maximum absolute atomic E-state index is 11.8. The highest BCUT2D eigenvalue weighted by Gasteiger charge is 2.37. The molecule has 1 fully saturated rings. The van der Waals surface area contributed by atoms with Crippen molar-refractivity contribution >= 4 is 15.9 Å². The molecule has 22 heavy (non-hydrogen) atoms. The second-order valence-corrected chi connectivity index (χ2v) is 8.06. The number of rotatable bonds is 5. The van der Waals surface area contributed by atoms with Crippen LogP contribution >= 0.6 is 0 Å². The molecule has 6 nitrogen and oxygen atoms in total. The molecule has 0 saturated carbocycles. The van der Waals surface area contributed by atoms with Crippen LogP contribution in [0.25, 0.3) is 0 Å². The van der Waals surface area contributed by atoms with Gasteiger partial charge >= 0.3 is 6.03 Å². The lowest BCUT2D eigenvalue weighted by Gasteiger charge is -2.16. The Labute approximate surface area is 130 Å². The zero-order chi connectivity index (χ0) is 16.2. The fourth-order valence-corrected chi connectivity index (χ4v) is 4.17. The maximum Gasteiger partial charge on any atom is 0.315 e. The number of carbonyl (C=O) groups is 1. The average molecular weight is 326 g/mol. The van der Waals surface area contributed by atoms with Gasteiger partial charge in [-0.3, -0.25) is 0 Å². The molecule has 2 rings (SSSR count). The summed E-state index contributed by atoms with van der Waals surface area (Å²) >= 11 is 0. The lowest BCUT2D eigenvalue weighted by molar-refractivity contribution is 0.236. The summed E-state index contributed by atoms with van der Waals surface area (Å²) in [6, 6.07) is 6.94. The van der Waals surface area contributed by atoms with E-state index in [0.29, 0.717) is 19.4 Å². The molecule has 0 aromatic heterocycles. The van der Waals surface area contributed by atoms with E-state index in [-0.39, 0.29) is 24.4 Å². The molecule has 0 spiro atoms. The first-order valence-corrected chi connectivity index (χ1v) is 9.08. The first-order chi connectivity index (χ1) is 10.4. The van der Waals surface area contributed by atoms with E-state index in [4.69, 9.17) is 5.11 Å². The van der Waals surface area contributed by atoms with Gasteiger partial charge < -0.3 is 15.7 Å². The third-order valence-electron chi connectivity index (χ3n) is 4.04. The van der Waals surface area contributed by atoms with E-state index in [1.807, 2.05) is 24.3 Å². The molecule has 0 aliphatic carbocycles. The Morgan fingerprint density at radius 2 is 1.91 bits per heavy atom. The number of hydrogen-bond acceptors (Lipinski definition) is 4. The molecule has 1 heterocycles. The van der Waals surface area contributed by atoms with Gasteiger partial charge in [0, 0.05) is 19.2 Å². The van der Waals surface area contributed by atoms with Crippen LogP contribution < -0.4 is 10.6 Å². The van der Waals surface area contributed by atoms with Gasteiger partial charge in [0.15, 0.2) is 9.84 Å². The van der Waals surface area contributed by atoms with Gasteiger partial charge in [-0.2, -0.15) is 0 Å². The van der Waals surface area contributed by atoms with Gasteiger partial charge in [0.25, 0.3) is 0 Å². The third kappa shape index (κ3) is 4.20. The molecule has 0 bridgehead atoms. The number of amides is 2. The lowest BCUT2D eigenvalue weighted by atomic mass is 10.1. The first kappa shape index (κ1) is 16.8. The molecule has 1 saturated heterocycles. The largest absolute Gasteiger partial charge is 0.396 e. The number of carbonyl (C=O) groups excluding carboxylic acids is 1. The van der Waals surface area contributed by atoms with Gasteiger partial charge in [-0.05, 0) is 30.9 Å². The van der Waals surface area contributed by atoms with E-state index in [0.717, 1.165) is 11.1 Å². The molecule has 2 amide bonds. The summed E-state index contributed by atoms with van der Waals surface area (Å²) in [7, 11) is -3.06. The Hall–Kier alpha value is -1.60. The summed E-state index contributed by atoms with van der Waals surface area (Å²) in [6.07, 6.45) is 1.08. The topological polar surface area (TPSA) is 95.5 Å². The molecule has 1 aliphatic heterocycles. The quantitative estimate of drug-likeness (QED) is 0.738. The number of benzene rings is 1. The maximum atomic E-state index is 11.8. The lowest BCUT2D eigenvalue weighted by Crippen LogP contribution is -2.45. The smallest absolute Gasteiger partial charge is 0.315 e. The van der Waals surface area contributed by atoms with Gasteiger partial charge in [0.2, 0.25) is 0 Å². The van der Waals surface area contributed by atoms with Crippen LogP contribution in [-0.4, -0.2) is 43.2 Å².